The maximum absolute atomic E-state index is 9.92. The highest BCUT2D eigenvalue weighted by Crippen LogP contribution is 2.32. The highest BCUT2D eigenvalue weighted by molar-refractivity contribution is 6.31. The van der Waals surface area contributed by atoms with Crippen LogP contribution in [0.2, 0.25) is 5.02 Å². The summed E-state index contributed by atoms with van der Waals surface area (Å²) in [6, 6.07) is 7.18. The lowest BCUT2D eigenvalue weighted by Gasteiger charge is -2.09. The van der Waals surface area contributed by atoms with E-state index in [2.05, 4.69) is 0 Å². The molecule has 0 radical (unpaired) electrons. The first-order valence-corrected chi connectivity index (χ1v) is 5.03. The Kier molecular flexibility index (Phi) is 2.55. The van der Waals surface area contributed by atoms with Crippen LogP contribution in [0.25, 0.3) is 10.8 Å². The van der Waals surface area contributed by atoms with Crippen molar-refractivity contribution >= 4 is 22.4 Å². The lowest BCUT2D eigenvalue weighted by atomic mass is 10.0. The quantitative estimate of drug-likeness (QED) is 0.779. The number of hydrogen-bond donors (Lipinski definition) is 2. The van der Waals surface area contributed by atoms with Crippen LogP contribution in [0.4, 0.5) is 0 Å². The van der Waals surface area contributed by atoms with Crippen molar-refractivity contribution in [2.75, 3.05) is 0 Å². The maximum Gasteiger partial charge on any atom is 0.126 e. The van der Waals surface area contributed by atoms with Crippen molar-refractivity contribution in [1.29, 1.82) is 0 Å². The highest BCUT2D eigenvalue weighted by atomic mass is 35.5. The van der Waals surface area contributed by atoms with Crippen molar-refractivity contribution in [3.8, 4) is 5.75 Å². The number of aliphatic hydroxyl groups is 1. The molecule has 0 spiro atoms. The molecule has 0 aliphatic rings. The molecule has 2 aromatic rings. The highest BCUT2D eigenvalue weighted by Gasteiger charge is 2.08. The molecule has 2 nitrogen and oxygen atoms in total. The van der Waals surface area contributed by atoms with E-state index in [-0.39, 0.29) is 12.4 Å². The summed E-state index contributed by atoms with van der Waals surface area (Å²) in [6.45, 7) is 1.71. The van der Waals surface area contributed by atoms with Crippen LogP contribution in [0.5, 0.6) is 5.75 Å². The Labute approximate surface area is 92.7 Å². The van der Waals surface area contributed by atoms with E-state index in [0.29, 0.717) is 10.6 Å². The third-order valence-corrected chi connectivity index (χ3v) is 2.84. The summed E-state index contributed by atoms with van der Waals surface area (Å²) in [5.41, 5.74) is 1.44. The van der Waals surface area contributed by atoms with Crippen molar-refractivity contribution in [1.82, 2.24) is 0 Å². The van der Waals surface area contributed by atoms with Gasteiger partial charge in [-0.3, -0.25) is 0 Å². The van der Waals surface area contributed by atoms with Gasteiger partial charge in [-0.1, -0.05) is 17.7 Å². The van der Waals surface area contributed by atoms with Gasteiger partial charge in [-0.25, -0.2) is 0 Å². The summed E-state index contributed by atoms with van der Waals surface area (Å²) in [6.07, 6.45) is 0. The first-order valence-electron chi connectivity index (χ1n) is 4.65. The van der Waals surface area contributed by atoms with Crippen LogP contribution < -0.4 is 0 Å². The molecule has 0 amide bonds. The second-order valence-electron chi connectivity index (χ2n) is 3.53. The number of aliphatic hydroxyl groups excluding tert-OH is 1. The predicted molar refractivity (Wildman–Crippen MR) is 61.3 cm³/mol. The Hall–Kier alpha value is -1.25. The summed E-state index contributed by atoms with van der Waals surface area (Å²) >= 11 is 5.86. The average Bonchev–Trinajstić information content (AvgIpc) is 2.24. The zero-order chi connectivity index (χ0) is 11.0. The van der Waals surface area contributed by atoms with Crippen LogP contribution in [0.15, 0.2) is 24.3 Å². The summed E-state index contributed by atoms with van der Waals surface area (Å²) in [5, 5.41) is 21.2. The fraction of sp³-hybridized carbons (Fsp3) is 0.167. The zero-order valence-electron chi connectivity index (χ0n) is 8.29. The van der Waals surface area contributed by atoms with E-state index < -0.39 is 0 Å². The van der Waals surface area contributed by atoms with Gasteiger partial charge in [0.2, 0.25) is 0 Å². The van der Waals surface area contributed by atoms with Gasteiger partial charge in [0, 0.05) is 10.4 Å². The number of phenolic OH excluding ortho intramolecular Hbond substituents is 1. The van der Waals surface area contributed by atoms with Crippen LogP contribution in [0.1, 0.15) is 11.1 Å². The number of phenols is 1. The van der Waals surface area contributed by atoms with Gasteiger partial charge in [0.1, 0.15) is 5.75 Å². The maximum atomic E-state index is 9.92. The number of hydrogen-bond acceptors (Lipinski definition) is 2. The van der Waals surface area contributed by atoms with Crippen LogP contribution in [-0.2, 0) is 6.61 Å². The molecule has 2 aromatic carbocycles. The molecule has 0 fully saturated rings. The summed E-state index contributed by atoms with van der Waals surface area (Å²) in [5.74, 6) is 0.194. The van der Waals surface area contributed by atoms with Crippen molar-refractivity contribution in [2.24, 2.45) is 0 Å². The molecule has 0 heterocycles. The van der Waals surface area contributed by atoms with Crippen LogP contribution in [-0.4, -0.2) is 10.2 Å². The van der Waals surface area contributed by atoms with Crippen molar-refractivity contribution in [3.63, 3.8) is 0 Å². The van der Waals surface area contributed by atoms with Gasteiger partial charge < -0.3 is 10.2 Å². The minimum absolute atomic E-state index is 0.0715. The van der Waals surface area contributed by atoms with Gasteiger partial charge in [0.05, 0.1) is 6.61 Å². The van der Waals surface area contributed by atoms with E-state index >= 15 is 0 Å². The Morgan fingerprint density at radius 1 is 1.27 bits per heavy atom. The third kappa shape index (κ3) is 1.66. The SMILES string of the molecule is Cc1c(CO)cc2ccc(Cl)cc2c1O. The van der Waals surface area contributed by atoms with Crippen molar-refractivity contribution < 1.29 is 10.2 Å². The number of halogens is 1. The van der Waals surface area contributed by atoms with Gasteiger partial charge in [-0.05, 0) is 41.6 Å². The standard InChI is InChI=1S/C12H11ClO2/c1-7-9(6-14)4-8-2-3-10(13)5-11(8)12(7)15/h2-5,14-15H,6H2,1H3. The fourth-order valence-corrected chi connectivity index (χ4v) is 1.85. The minimum atomic E-state index is -0.0715. The molecule has 2 rings (SSSR count). The largest absolute Gasteiger partial charge is 0.507 e. The zero-order valence-corrected chi connectivity index (χ0v) is 9.04. The van der Waals surface area contributed by atoms with E-state index in [4.69, 9.17) is 16.7 Å². The fourth-order valence-electron chi connectivity index (χ4n) is 1.67. The van der Waals surface area contributed by atoms with E-state index in [1.54, 1.807) is 19.1 Å². The smallest absolute Gasteiger partial charge is 0.126 e. The molecule has 0 saturated heterocycles. The monoisotopic (exact) mass is 222 g/mol. The molecule has 0 bridgehead atoms. The first-order chi connectivity index (χ1) is 7.13. The molecule has 0 saturated carbocycles. The van der Waals surface area contributed by atoms with Gasteiger partial charge in [-0.2, -0.15) is 0 Å². The summed E-state index contributed by atoms with van der Waals surface area (Å²) in [7, 11) is 0. The van der Waals surface area contributed by atoms with Crippen LogP contribution >= 0.6 is 11.6 Å². The van der Waals surface area contributed by atoms with Crippen LogP contribution in [0.3, 0.4) is 0 Å². The van der Waals surface area contributed by atoms with E-state index in [1.807, 2.05) is 12.1 Å². The predicted octanol–water partition coefficient (Wildman–Crippen LogP) is 3.00. The second-order valence-corrected chi connectivity index (χ2v) is 3.97. The first kappa shape index (κ1) is 10.3. The van der Waals surface area contributed by atoms with Gasteiger partial charge in [0.25, 0.3) is 0 Å². The molecule has 78 valence electrons. The molecule has 0 atom stereocenters. The van der Waals surface area contributed by atoms with Crippen molar-refractivity contribution in [2.45, 2.75) is 13.5 Å². The van der Waals surface area contributed by atoms with Gasteiger partial charge in [-0.15, -0.1) is 0 Å². The molecule has 0 aromatic heterocycles. The third-order valence-electron chi connectivity index (χ3n) is 2.61. The number of aromatic hydroxyl groups is 1. The van der Waals surface area contributed by atoms with Gasteiger partial charge in [0.15, 0.2) is 0 Å². The van der Waals surface area contributed by atoms with Crippen molar-refractivity contribution in [3.05, 3.63) is 40.4 Å². The average molecular weight is 223 g/mol. The van der Waals surface area contributed by atoms with E-state index in [9.17, 15) is 5.11 Å². The minimum Gasteiger partial charge on any atom is -0.507 e. The molecular formula is C12H11ClO2. The molecule has 2 N–H and O–H groups in total. The number of rotatable bonds is 1. The summed E-state index contributed by atoms with van der Waals surface area (Å²) < 4.78 is 0. The number of benzene rings is 2. The molecule has 0 aliphatic heterocycles. The van der Waals surface area contributed by atoms with Gasteiger partial charge >= 0.3 is 0 Å². The Morgan fingerprint density at radius 3 is 2.67 bits per heavy atom. The van der Waals surface area contributed by atoms with E-state index in [0.717, 1.165) is 16.3 Å². The topological polar surface area (TPSA) is 40.5 Å². The van der Waals surface area contributed by atoms with E-state index in [1.165, 1.54) is 0 Å². The second kappa shape index (κ2) is 3.72. The Bertz CT molecular complexity index is 521. The van der Waals surface area contributed by atoms with Crippen LogP contribution in [0, 0.1) is 6.92 Å². The molecular weight excluding hydrogens is 212 g/mol. The molecule has 0 aliphatic carbocycles. The molecule has 15 heavy (non-hydrogen) atoms. The molecule has 0 unspecified atom stereocenters. The Balaban J connectivity index is 2.84. The summed E-state index contributed by atoms with van der Waals surface area (Å²) in [4.78, 5) is 0. The Morgan fingerprint density at radius 2 is 2.00 bits per heavy atom. The molecule has 3 heteroatoms. The number of fused-ring (bicyclic) bond motifs is 1. The normalized spacial score (nSPS) is 10.9. The lowest BCUT2D eigenvalue weighted by molar-refractivity contribution is 0.280. The lowest BCUT2D eigenvalue weighted by Crippen LogP contribution is -1.90.